The number of nitrogens with one attached hydrogen (secondary N) is 2. The van der Waals surface area contributed by atoms with Gasteiger partial charge in [-0.1, -0.05) is 0 Å². The first-order valence-electron chi connectivity index (χ1n) is 4.11. The van der Waals surface area contributed by atoms with Crippen LogP contribution in [0.5, 0.6) is 0 Å². The molecule has 0 aromatic heterocycles. The van der Waals surface area contributed by atoms with Crippen LogP contribution in [0.15, 0.2) is 0 Å². The van der Waals surface area contributed by atoms with Gasteiger partial charge >= 0.3 is 0 Å². The Morgan fingerprint density at radius 3 is 2.38 bits per heavy atom. The zero-order valence-electron chi connectivity index (χ0n) is 8.22. The van der Waals surface area contributed by atoms with Gasteiger partial charge in [-0.15, -0.1) is 0 Å². The predicted octanol–water partition coefficient (Wildman–Crippen LogP) is -0.00980. The van der Waals surface area contributed by atoms with Gasteiger partial charge in [0.25, 0.3) is 0 Å². The molecule has 0 unspecified atom stereocenters. The minimum Gasteiger partial charge on any atom is -0.352 e. The highest BCUT2D eigenvalue weighted by Crippen LogP contribution is 1.88. The molecule has 0 aliphatic heterocycles. The molecule has 76 valence electrons. The third kappa shape index (κ3) is 7.64. The number of hydrogen-bond acceptors (Lipinski definition) is 3. The summed E-state index contributed by atoms with van der Waals surface area (Å²) in [6.45, 7) is 3.82. The summed E-state index contributed by atoms with van der Waals surface area (Å²) in [7, 11) is 0. The first kappa shape index (κ1) is 12.3. The maximum Gasteiger partial charge on any atom is 0.239 e. The van der Waals surface area contributed by atoms with E-state index in [0.29, 0.717) is 5.75 Å². The highest BCUT2D eigenvalue weighted by molar-refractivity contribution is 7.99. The molecule has 0 bridgehead atoms. The van der Waals surface area contributed by atoms with Crippen LogP contribution in [0, 0.1) is 0 Å². The molecule has 0 saturated heterocycles. The third-order valence-corrected chi connectivity index (χ3v) is 1.72. The van der Waals surface area contributed by atoms with Crippen molar-refractivity contribution in [2.45, 2.75) is 19.9 Å². The fraction of sp³-hybridized carbons (Fsp3) is 0.750. The summed E-state index contributed by atoms with van der Waals surface area (Å²) >= 11 is 1.43. The van der Waals surface area contributed by atoms with E-state index in [1.54, 1.807) is 0 Å². The van der Waals surface area contributed by atoms with Gasteiger partial charge in [-0.3, -0.25) is 9.59 Å². The smallest absolute Gasteiger partial charge is 0.239 e. The number of carbonyl (C=O) groups excluding carboxylic acids is 2. The minimum atomic E-state index is -0.149. The molecule has 13 heavy (non-hydrogen) atoms. The quantitative estimate of drug-likeness (QED) is 0.662. The Morgan fingerprint density at radius 1 is 1.31 bits per heavy atom. The van der Waals surface area contributed by atoms with Gasteiger partial charge in [0.2, 0.25) is 11.8 Å². The van der Waals surface area contributed by atoms with E-state index in [9.17, 15) is 9.59 Å². The molecule has 0 aliphatic carbocycles. The van der Waals surface area contributed by atoms with Gasteiger partial charge in [0.1, 0.15) is 0 Å². The van der Waals surface area contributed by atoms with E-state index in [0.717, 1.165) is 0 Å². The maximum atomic E-state index is 11.0. The Balaban J connectivity index is 3.52. The molecule has 0 radical (unpaired) electrons. The largest absolute Gasteiger partial charge is 0.352 e. The lowest BCUT2D eigenvalue weighted by molar-refractivity contribution is -0.125. The monoisotopic (exact) mass is 204 g/mol. The second-order valence-corrected chi connectivity index (χ2v) is 3.80. The van der Waals surface area contributed by atoms with E-state index in [2.05, 4.69) is 10.6 Å². The van der Waals surface area contributed by atoms with Crippen molar-refractivity contribution >= 4 is 23.6 Å². The lowest BCUT2D eigenvalue weighted by Gasteiger charge is -2.08. The molecular formula is C8H16N2O2S. The van der Waals surface area contributed by atoms with Crippen LogP contribution in [0.2, 0.25) is 0 Å². The van der Waals surface area contributed by atoms with E-state index in [-0.39, 0.29) is 24.4 Å². The second-order valence-electron chi connectivity index (χ2n) is 2.93. The van der Waals surface area contributed by atoms with Crippen molar-refractivity contribution in [3.8, 4) is 0 Å². The van der Waals surface area contributed by atoms with Crippen LogP contribution in [-0.4, -0.2) is 36.4 Å². The van der Waals surface area contributed by atoms with Crippen LogP contribution >= 0.6 is 11.8 Å². The molecule has 0 atom stereocenters. The van der Waals surface area contributed by atoms with Crippen LogP contribution in [0.1, 0.15) is 13.8 Å². The molecular weight excluding hydrogens is 188 g/mol. The Labute approximate surface area is 82.8 Å². The van der Waals surface area contributed by atoms with Crippen molar-refractivity contribution < 1.29 is 9.59 Å². The lowest BCUT2D eigenvalue weighted by Crippen LogP contribution is -2.40. The van der Waals surface area contributed by atoms with E-state index < -0.39 is 0 Å². The number of amides is 2. The molecule has 4 nitrogen and oxygen atoms in total. The van der Waals surface area contributed by atoms with Crippen LogP contribution in [-0.2, 0) is 9.59 Å². The van der Waals surface area contributed by atoms with E-state index >= 15 is 0 Å². The van der Waals surface area contributed by atoms with Crippen molar-refractivity contribution in [2.24, 2.45) is 0 Å². The topological polar surface area (TPSA) is 58.2 Å². The van der Waals surface area contributed by atoms with Gasteiger partial charge in [0.05, 0.1) is 12.3 Å². The Kier molecular flexibility index (Phi) is 6.40. The molecule has 0 rings (SSSR count). The fourth-order valence-corrected chi connectivity index (χ4v) is 1.10. The van der Waals surface area contributed by atoms with Gasteiger partial charge in [0.15, 0.2) is 0 Å². The number of rotatable bonds is 5. The van der Waals surface area contributed by atoms with Crippen molar-refractivity contribution in [3.63, 3.8) is 0 Å². The number of hydrogen-bond donors (Lipinski definition) is 2. The normalized spacial score (nSPS) is 9.85. The number of thioether (sulfide) groups is 1. The van der Waals surface area contributed by atoms with Gasteiger partial charge in [-0.25, -0.2) is 0 Å². The molecule has 0 aromatic rings. The predicted molar refractivity (Wildman–Crippen MR) is 54.7 cm³/mol. The molecule has 0 heterocycles. The van der Waals surface area contributed by atoms with Crippen LogP contribution in [0.3, 0.4) is 0 Å². The SMILES string of the molecule is CSCC(=O)NCC(=O)NC(C)C. The highest BCUT2D eigenvalue weighted by atomic mass is 32.2. The molecule has 0 spiro atoms. The van der Waals surface area contributed by atoms with E-state index in [1.807, 2.05) is 20.1 Å². The van der Waals surface area contributed by atoms with E-state index in [1.165, 1.54) is 11.8 Å². The summed E-state index contributed by atoms with van der Waals surface area (Å²) in [4.78, 5) is 22.0. The minimum absolute atomic E-state index is 0.0670. The third-order valence-electron chi connectivity index (χ3n) is 1.17. The molecule has 2 amide bonds. The highest BCUT2D eigenvalue weighted by Gasteiger charge is 2.04. The van der Waals surface area contributed by atoms with Gasteiger partial charge in [0, 0.05) is 6.04 Å². The summed E-state index contributed by atoms with van der Waals surface area (Å²) in [5, 5.41) is 5.20. The van der Waals surface area contributed by atoms with Gasteiger partial charge in [-0.2, -0.15) is 11.8 Å². The molecule has 0 aromatic carbocycles. The molecule has 0 fully saturated rings. The van der Waals surface area contributed by atoms with Gasteiger partial charge < -0.3 is 10.6 Å². The second kappa shape index (κ2) is 6.77. The number of carbonyl (C=O) groups is 2. The average molecular weight is 204 g/mol. The zero-order valence-corrected chi connectivity index (χ0v) is 9.03. The van der Waals surface area contributed by atoms with Gasteiger partial charge in [-0.05, 0) is 20.1 Å². The molecule has 0 saturated carbocycles. The van der Waals surface area contributed by atoms with Crippen molar-refractivity contribution in [1.82, 2.24) is 10.6 Å². The Bertz CT molecular complexity index is 183. The van der Waals surface area contributed by atoms with Crippen LogP contribution in [0.25, 0.3) is 0 Å². The first-order chi connectivity index (χ1) is 6.06. The summed E-state index contributed by atoms with van der Waals surface area (Å²) in [5.74, 6) is 0.144. The maximum absolute atomic E-state index is 11.0. The average Bonchev–Trinajstić information content (AvgIpc) is 2.00. The van der Waals surface area contributed by atoms with Crippen molar-refractivity contribution in [3.05, 3.63) is 0 Å². The molecule has 0 aliphatic rings. The Morgan fingerprint density at radius 2 is 1.92 bits per heavy atom. The van der Waals surface area contributed by atoms with E-state index in [4.69, 9.17) is 0 Å². The summed E-state index contributed by atoms with van der Waals surface area (Å²) in [5.41, 5.74) is 0. The summed E-state index contributed by atoms with van der Waals surface area (Å²) in [6, 6.07) is 0.116. The summed E-state index contributed by atoms with van der Waals surface area (Å²) < 4.78 is 0. The molecule has 2 N–H and O–H groups in total. The molecule has 5 heteroatoms. The first-order valence-corrected chi connectivity index (χ1v) is 5.50. The van der Waals surface area contributed by atoms with Crippen molar-refractivity contribution in [1.29, 1.82) is 0 Å². The van der Waals surface area contributed by atoms with Crippen LogP contribution in [0.4, 0.5) is 0 Å². The standard InChI is InChI=1S/C8H16N2O2S/c1-6(2)10-7(11)4-9-8(12)5-13-3/h6H,4-5H2,1-3H3,(H,9,12)(H,10,11). The summed E-state index contributed by atoms with van der Waals surface area (Å²) in [6.07, 6.45) is 1.84. The fourth-order valence-electron chi connectivity index (χ4n) is 0.734. The van der Waals surface area contributed by atoms with Crippen LogP contribution < -0.4 is 10.6 Å². The Hall–Kier alpha value is -0.710. The lowest BCUT2D eigenvalue weighted by atomic mass is 10.4. The zero-order chi connectivity index (χ0) is 10.3. The van der Waals surface area contributed by atoms with Crippen molar-refractivity contribution in [2.75, 3.05) is 18.6 Å².